The highest BCUT2D eigenvalue weighted by Crippen LogP contribution is 2.39. The summed E-state index contributed by atoms with van der Waals surface area (Å²) < 4.78 is 24.9. The molecule has 0 saturated carbocycles. The maximum Gasteiger partial charge on any atom is 0.141 e. The maximum atomic E-state index is 13.9. The summed E-state index contributed by atoms with van der Waals surface area (Å²) in [6, 6.07) is 10.5. The fourth-order valence-electron chi connectivity index (χ4n) is 2.30. The van der Waals surface area contributed by atoms with E-state index in [-0.39, 0.29) is 5.82 Å². The summed E-state index contributed by atoms with van der Waals surface area (Å²) in [6.07, 6.45) is 1.58. The maximum absolute atomic E-state index is 13.9. The summed E-state index contributed by atoms with van der Waals surface area (Å²) in [4.78, 5) is 0. The van der Waals surface area contributed by atoms with E-state index < -0.39 is 0 Å². The van der Waals surface area contributed by atoms with E-state index in [9.17, 15) is 4.39 Å². The number of hydrogen-bond donors (Lipinski definition) is 0. The van der Waals surface area contributed by atoms with Crippen LogP contribution in [0.25, 0.3) is 22.1 Å². The number of hydrogen-bond acceptors (Lipinski definition) is 2. The number of methoxy groups -OCH3 is 1. The molecular weight excluding hydrogens is 243 g/mol. The molecule has 2 nitrogen and oxygen atoms in total. The van der Waals surface area contributed by atoms with Gasteiger partial charge in [0.2, 0.25) is 0 Å². The Balaban J connectivity index is 2.37. The van der Waals surface area contributed by atoms with Gasteiger partial charge in [-0.15, -0.1) is 0 Å². The number of halogens is 1. The minimum atomic E-state index is -0.270. The van der Waals surface area contributed by atoms with Crippen molar-refractivity contribution >= 4 is 11.0 Å². The van der Waals surface area contributed by atoms with Crippen molar-refractivity contribution in [1.82, 2.24) is 0 Å². The van der Waals surface area contributed by atoms with Crippen LogP contribution >= 0.6 is 0 Å². The van der Waals surface area contributed by atoms with Gasteiger partial charge in [-0.3, -0.25) is 0 Å². The van der Waals surface area contributed by atoms with Gasteiger partial charge < -0.3 is 9.15 Å². The highest BCUT2D eigenvalue weighted by Gasteiger charge is 2.16. The Morgan fingerprint density at radius 3 is 2.58 bits per heavy atom. The lowest BCUT2D eigenvalue weighted by molar-refractivity contribution is 0.419. The molecule has 1 heterocycles. The molecule has 3 aromatic rings. The molecule has 0 radical (unpaired) electrons. The van der Waals surface area contributed by atoms with Crippen LogP contribution in [0.15, 0.2) is 47.1 Å². The summed E-state index contributed by atoms with van der Waals surface area (Å²) >= 11 is 0. The van der Waals surface area contributed by atoms with Gasteiger partial charge in [0.25, 0.3) is 0 Å². The Labute approximate surface area is 110 Å². The lowest BCUT2D eigenvalue weighted by Gasteiger charge is -2.06. The molecule has 0 fully saturated rings. The average Bonchev–Trinajstić information content (AvgIpc) is 2.86. The molecule has 1 aromatic heterocycles. The zero-order valence-electron chi connectivity index (χ0n) is 10.7. The Kier molecular flexibility index (Phi) is 2.75. The third kappa shape index (κ3) is 1.78. The molecule has 3 heteroatoms. The molecule has 0 unspecified atom stereocenters. The summed E-state index contributed by atoms with van der Waals surface area (Å²) in [5.41, 5.74) is 2.97. The molecule has 0 bridgehead atoms. The number of furan rings is 1. The fraction of sp³-hybridized carbons (Fsp3) is 0.125. The lowest BCUT2D eigenvalue weighted by Crippen LogP contribution is -1.87. The zero-order valence-corrected chi connectivity index (χ0v) is 10.7. The van der Waals surface area contributed by atoms with Gasteiger partial charge in [0.15, 0.2) is 0 Å². The van der Waals surface area contributed by atoms with Crippen molar-refractivity contribution in [2.24, 2.45) is 0 Å². The Morgan fingerprint density at radius 1 is 1.05 bits per heavy atom. The first kappa shape index (κ1) is 11.8. The minimum absolute atomic E-state index is 0.270. The van der Waals surface area contributed by atoms with E-state index in [1.165, 1.54) is 6.07 Å². The fourth-order valence-corrected chi connectivity index (χ4v) is 2.30. The molecule has 0 aliphatic carbocycles. The van der Waals surface area contributed by atoms with Crippen LogP contribution in [0.3, 0.4) is 0 Å². The van der Waals surface area contributed by atoms with Crippen molar-refractivity contribution in [2.75, 3.05) is 7.11 Å². The van der Waals surface area contributed by atoms with E-state index in [0.717, 1.165) is 16.5 Å². The number of rotatable bonds is 2. The number of ether oxygens (including phenoxy) is 1. The Hall–Kier alpha value is -2.29. The SMILES string of the molecule is COc1ccc(C)c2occ(-c3ccccc3F)c12. The van der Waals surface area contributed by atoms with Crippen molar-refractivity contribution < 1.29 is 13.5 Å². The zero-order chi connectivity index (χ0) is 13.4. The molecular formula is C16H13FO2. The molecule has 0 N–H and O–H groups in total. The van der Waals surface area contributed by atoms with Gasteiger partial charge in [-0.2, -0.15) is 0 Å². The topological polar surface area (TPSA) is 22.4 Å². The molecule has 0 amide bonds. The van der Waals surface area contributed by atoms with Crippen LogP contribution in [0.2, 0.25) is 0 Å². The van der Waals surface area contributed by atoms with E-state index in [0.29, 0.717) is 16.9 Å². The first-order valence-corrected chi connectivity index (χ1v) is 6.02. The molecule has 0 aliphatic heterocycles. The first-order chi connectivity index (χ1) is 9.22. The van der Waals surface area contributed by atoms with Crippen molar-refractivity contribution in [3.63, 3.8) is 0 Å². The van der Waals surface area contributed by atoms with Crippen LogP contribution in [-0.2, 0) is 0 Å². The molecule has 0 aliphatic rings. The molecule has 0 saturated heterocycles. The van der Waals surface area contributed by atoms with E-state index in [4.69, 9.17) is 9.15 Å². The van der Waals surface area contributed by atoms with Gasteiger partial charge in [0, 0.05) is 11.1 Å². The predicted molar refractivity (Wildman–Crippen MR) is 72.9 cm³/mol. The third-order valence-electron chi connectivity index (χ3n) is 3.26. The van der Waals surface area contributed by atoms with E-state index in [1.54, 1.807) is 31.6 Å². The van der Waals surface area contributed by atoms with Gasteiger partial charge in [-0.05, 0) is 24.6 Å². The van der Waals surface area contributed by atoms with Crippen LogP contribution in [0.1, 0.15) is 5.56 Å². The number of aryl methyl sites for hydroxylation is 1. The summed E-state index contributed by atoms with van der Waals surface area (Å²) in [6.45, 7) is 1.95. The second-order valence-corrected chi connectivity index (χ2v) is 4.42. The van der Waals surface area contributed by atoms with Gasteiger partial charge in [0.1, 0.15) is 17.1 Å². The predicted octanol–water partition coefficient (Wildman–Crippen LogP) is 4.56. The highest BCUT2D eigenvalue weighted by molar-refractivity contribution is 6.00. The van der Waals surface area contributed by atoms with Gasteiger partial charge in [0.05, 0.1) is 18.8 Å². The van der Waals surface area contributed by atoms with Crippen molar-refractivity contribution in [3.8, 4) is 16.9 Å². The lowest BCUT2D eigenvalue weighted by atomic mass is 10.0. The average molecular weight is 256 g/mol. The molecule has 96 valence electrons. The standard InChI is InChI=1S/C16H13FO2/c1-10-7-8-14(18-2)15-12(9-19-16(10)15)11-5-3-4-6-13(11)17/h3-9H,1-2H3. The van der Waals surface area contributed by atoms with Crippen molar-refractivity contribution in [1.29, 1.82) is 0 Å². The molecule has 19 heavy (non-hydrogen) atoms. The van der Waals surface area contributed by atoms with Crippen LogP contribution in [0.4, 0.5) is 4.39 Å². The molecule has 0 spiro atoms. The summed E-state index contributed by atoms with van der Waals surface area (Å²) in [5.74, 6) is 0.418. The van der Waals surface area contributed by atoms with Crippen LogP contribution in [0.5, 0.6) is 5.75 Å². The van der Waals surface area contributed by atoms with E-state index in [1.807, 2.05) is 19.1 Å². The second-order valence-electron chi connectivity index (χ2n) is 4.42. The molecule has 0 atom stereocenters. The van der Waals surface area contributed by atoms with Gasteiger partial charge in [-0.25, -0.2) is 4.39 Å². The summed E-state index contributed by atoms with van der Waals surface area (Å²) in [5, 5.41) is 0.813. The summed E-state index contributed by atoms with van der Waals surface area (Å²) in [7, 11) is 1.60. The monoisotopic (exact) mass is 256 g/mol. The second kappa shape index (κ2) is 4.43. The van der Waals surface area contributed by atoms with Crippen LogP contribution < -0.4 is 4.74 Å². The first-order valence-electron chi connectivity index (χ1n) is 6.02. The van der Waals surface area contributed by atoms with E-state index in [2.05, 4.69) is 0 Å². The third-order valence-corrected chi connectivity index (χ3v) is 3.26. The molecule has 3 rings (SSSR count). The van der Waals surface area contributed by atoms with Crippen molar-refractivity contribution in [2.45, 2.75) is 6.92 Å². The van der Waals surface area contributed by atoms with Gasteiger partial charge >= 0.3 is 0 Å². The Bertz CT molecular complexity index is 744. The number of fused-ring (bicyclic) bond motifs is 1. The van der Waals surface area contributed by atoms with E-state index >= 15 is 0 Å². The van der Waals surface area contributed by atoms with Crippen molar-refractivity contribution in [3.05, 3.63) is 54.0 Å². The molecule has 2 aromatic carbocycles. The van der Waals surface area contributed by atoms with Crippen LogP contribution in [0, 0.1) is 12.7 Å². The van der Waals surface area contributed by atoms with Gasteiger partial charge in [-0.1, -0.05) is 24.3 Å². The highest BCUT2D eigenvalue weighted by atomic mass is 19.1. The van der Waals surface area contributed by atoms with Crippen LogP contribution in [-0.4, -0.2) is 7.11 Å². The normalized spacial score (nSPS) is 10.9. The largest absolute Gasteiger partial charge is 0.496 e. The minimum Gasteiger partial charge on any atom is -0.496 e. The Morgan fingerprint density at radius 2 is 1.84 bits per heavy atom. The number of benzene rings is 2. The quantitative estimate of drug-likeness (QED) is 0.670. The smallest absolute Gasteiger partial charge is 0.141 e.